The third kappa shape index (κ3) is 3.58. The molecule has 0 saturated carbocycles. The van der Waals surface area contributed by atoms with Gasteiger partial charge in [0.2, 0.25) is 0 Å². The van der Waals surface area contributed by atoms with Crippen LogP contribution in [0.3, 0.4) is 0 Å². The lowest BCUT2D eigenvalue weighted by atomic mass is 9.78. The quantitative estimate of drug-likeness (QED) is 0.902. The number of carbonyl (C=O) groups excluding carboxylic acids is 1. The SMILES string of the molecule is CCNC(=O)Oc1cccc(C(C)(C)c2ccc(O)cc2)c1. The number of carbonyl (C=O) groups is 1. The molecular weight excluding hydrogens is 278 g/mol. The van der Waals surface area contributed by atoms with E-state index in [4.69, 9.17) is 4.74 Å². The van der Waals surface area contributed by atoms with Crippen molar-refractivity contribution in [1.82, 2.24) is 5.32 Å². The number of ether oxygens (including phenoxy) is 1. The molecule has 0 aliphatic heterocycles. The zero-order valence-corrected chi connectivity index (χ0v) is 13.1. The topological polar surface area (TPSA) is 58.6 Å². The summed E-state index contributed by atoms with van der Waals surface area (Å²) in [4.78, 5) is 11.5. The Morgan fingerprint density at radius 1 is 1.14 bits per heavy atom. The van der Waals surface area contributed by atoms with Crippen LogP contribution >= 0.6 is 0 Å². The van der Waals surface area contributed by atoms with Gasteiger partial charge >= 0.3 is 6.09 Å². The predicted octanol–water partition coefficient (Wildman–Crippen LogP) is 3.83. The summed E-state index contributed by atoms with van der Waals surface area (Å²) in [6.07, 6.45) is -0.456. The first-order chi connectivity index (χ1) is 10.4. The highest BCUT2D eigenvalue weighted by molar-refractivity contribution is 5.70. The van der Waals surface area contributed by atoms with Crippen LogP contribution in [0.25, 0.3) is 0 Å². The molecule has 0 heterocycles. The standard InChI is InChI=1S/C18H21NO3/c1-4-19-17(21)22-16-7-5-6-14(12-16)18(2,3)13-8-10-15(20)11-9-13/h5-12,20H,4H2,1-3H3,(H,19,21). The summed E-state index contributed by atoms with van der Waals surface area (Å²) in [5.74, 6) is 0.753. The lowest BCUT2D eigenvalue weighted by molar-refractivity contribution is 0.201. The van der Waals surface area contributed by atoms with Gasteiger partial charge < -0.3 is 15.2 Å². The number of phenols is 1. The molecule has 0 aromatic heterocycles. The molecule has 0 unspecified atom stereocenters. The Hall–Kier alpha value is -2.49. The van der Waals surface area contributed by atoms with Crippen molar-refractivity contribution < 1.29 is 14.6 Å². The molecule has 4 heteroatoms. The molecule has 0 saturated heterocycles. The first-order valence-electron chi connectivity index (χ1n) is 7.29. The van der Waals surface area contributed by atoms with Gasteiger partial charge in [-0.2, -0.15) is 0 Å². The Bertz CT molecular complexity index is 648. The number of rotatable bonds is 4. The average Bonchev–Trinajstić information content (AvgIpc) is 2.48. The van der Waals surface area contributed by atoms with Crippen LogP contribution in [-0.2, 0) is 5.41 Å². The highest BCUT2D eigenvalue weighted by Gasteiger charge is 2.23. The Morgan fingerprint density at radius 3 is 2.45 bits per heavy atom. The molecule has 2 rings (SSSR count). The zero-order valence-electron chi connectivity index (χ0n) is 13.1. The molecule has 0 aliphatic carbocycles. The minimum absolute atomic E-state index is 0.243. The van der Waals surface area contributed by atoms with Crippen molar-refractivity contribution >= 4 is 6.09 Å². The summed E-state index contributed by atoms with van der Waals surface area (Å²) in [6, 6.07) is 14.6. The summed E-state index contributed by atoms with van der Waals surface area (Å²) < 4.78 is 5.26. The fraction of sp³-hybridized carbons (Fsp3) is 0.278. The fourth-order valence-corrected chi connectivity index (χ4v) is 2.28. The van der Waals surface area contributed by atoms with Crippen LogP contribution in [0, 0.1) is 0 Å². The van der Waals surface area contributed by atoms with Crippen molar-refractivity contribution in [1.29, 1.82) is 0 Å². The van der Waals surface area contributed by atoms with Crippen LogP contribution in [0.5, 0.6) is 11.5 Å². The van der Waals surface area contributed by atoms with E-state index in [9.17, 15) is 9.90 Å². The number of aromatic hydroxyl groups is 1. The van der Waals surface area contributed by atoms with Crippen LogP contribution in [0.1, 0.15) is 31.9 Å². The minimum Gasteiger partial charge on any atom is -0.508 e. The molecule has 0 atom stereocenters. The van der Waals surface area contributed by atoms with Gasteiger partial charge in [-0.25, -0.2) is 4.79 Å². The average molecular weight is 299 g/mol. The summed E-state index contributed by atoms with van der Waals surface area (Å²) in [5.41, 5.74) is 1.83. The Morgan fingerprint density at radius 2 is 1.82 bits per heavy atom. The van der Waals surface area contributed by atoms with Crippen molar-refractivity contribution in [2.75, 3.05) is 6.54 Å². The van der Waals surface area contributed by atoms with E-state index in [2.05, 4.69) is 19.2 Å². The van der Waals surface area contributed by atoms with Gasteiger partial charge in [0.1, 0.15) is 11.5 Å². The number of benzene rings is 2. The van der Waals surface area contributed by atoms with Crippen molar-refractivity contribution in [3.8, 4) is 11.5 Å². The third-order valence-electron chi connectivity index (χ3n) is 3.68. The van der Waals surface area contributed by atoms with Crippen LogP contribution in [0.2, 0.25) is 0 Å². The van der Waals surface area contributed by atoms with E-state index in [0.717, 1.165) is 11.1 Å². The van der Waals surface area contributed by atoms with Gasteiger partial charge in [-0.1, -0.05) is 38.1 Å². The van der Waals surface area contributed by atoms with Gasteiger partial charge in [0, 0.05) is 12.0 Å². The molecule has 22 heavy (non-hydrogen) atoms. The summed E-state index contributed by atoms with van der Waals surface area (Å²) >= 11 is 0. The predicted molar refractivity (Wildman–Crippen MR) is 86.4 cm³/mol. The van der Waals surface area contributed by atoms with Crippen molar-refractivity contribution in [3.63, 3.8) is 0 Å². The normalized spacial score (nSPS) is 11.0. The lowest BCUT2D eigenvalue weighted by Crippen LogP contribution is -2.26. The number of hydrogen-bond donors (Lipinski definition) is 2. The maximum Gasteiger partial charge on any atom is 0.412 e. The smallest absolute Gasteiger partial charge is 0.412 e. The van der Waals surface area contributed by atoms with E-state index >= 15 is 0 Å². The van der Waals surface area contributed by atoms with Crippen LogP contribution in [-0.4, -0.2) is 17.7 Å². The Kier molecular flexibility index (Phi) is 4.71. The number of nitrogens with one attached hydrogen (secondary N) is 1. The molecule has 0 radical (unpaired) electrons. The molecule has 2 aromatic carbocycles. The lowest BCUT2D eigenvalue weighted by Gasteiger charge is -2.26. The van der Waals surface area contributed by atoms with Crippen LogP contribution in [0.15, 0.2) is 48.5 Å². The first-order valence-corrected chi connectivity index (χ1v) is 7.29. The highest BCUT2D eigenvalue weighted by atomic mass is 16.6. The second-order valence-electron chi connectivity index (χ2n) is 5.62. The van der Waals surface area contributed by atoms with Crippen molar-refractivity contribution in [2.24, 2.45) is 0 Å². The van der Waals surface area contributed by atoms with Gasteiger partial charge in [0.05, 0.1) is 0 Å². The second-order valence-corrected chi connectivity index (χ2v) is 5.62. The molecule has 2 N–H and O–H groups in total. The number of amides is 1. The maximum atomic E-state index is 11.5. The van der Waals surface area contributed by atoms with Crippen LogP contribution in [0.4, 0.5) is 4.79 Å². The van der Waals surface area contributed by atoms with Gasteiger partial charge in [0.25, 0.3) is 0 Å². The monoisotopic (exact) mass is 299 g/mol. The van der Waals surface area contributed by atoms with Gasteiger partial charge in [-0.3, -0.25) is 0 Å². The molecule has 0 bridgehead atoms. The molecule has 0 aliphatic rings. The van der Waals surface area contributed by atoms with Gasteiger partial charge in [-0.15, -0.1) is 0 Å². The van der Waals surface area contributed by atoms with E-state index in [1.165, 1.54) is 0 Å². The summed E-state index contributed by atoms with van der Waals surface area (Å²) in [6.45, 7) is 6.54. The Balaban J connectivity index is 2.27. The van der Waals surface area contributed by atoms with Gasteiger partial charge in [0.15, 0.2) is 0 Å². The fourth-order valence-electron chi connectivity index (χ4n) is 2.28. The molecule has 1 amide bonds. The molecular formula is C18H21NO3. The van der Waals surface area contributed by atoms with Crippen molar-refractivity contribution in [3.05, 3.63) is 59.7 Å². The second kappa shape index (κ2) is 6.52. The maximum absolute atomic E-state index is 11.5. The zero-order chi connectivity index (χ0) is 16.2. The van der Waals surface area contributed by atoms with Crippen molar-refractivity contribution in [2.45, 2.75) is 26.2 Å². The largest absolute Gasteiger partial charge is 0.508 e. The summed E-state index contributed by atoms with van der Waals surface area (Å²) in [5, 5.41) is 12.0. The third-order valence-corrected chi connectivity index (χ3v) is 3.68. The van der Waals surface area contributed by atoms with E-state index in [1.54, 1.807) is 18.2 Å². The number of phenolic OH excluding ortho intramolecular Hbond substituents is 1. The van der Waals surface area contributed by atoms with Gasteiger partial charge in [-0.05, 0) is 42.3 Å². The van der Waals surface area contributed by atoms with Crippen LogP contribution < -0.4 is 10.1 Å². The molecule has 4 nitrogen and oxygen atoms in total. The molecule has 116 valence electrons. The van der Waals surface area contributed by atoms with E-state index < -0.39 is 6.09 Å². The van der Waals surface area contributed by atoms with E-state index in [0.29, 0.717) is 12.3 Å². The minimum atomic E-state index is -0.456. The molecule has 0 fully saturated rings. The highest BCUT2D eigenvalue weighted by Crippen LogP contribution is 2.33. The Labute approximate surface area is 130 Å². The molecule has 0 spiro atoms. The van der Waals surface area contributed by atoms with E-state index in [-0.39, 0.29) is 11.2 Å². The first kappa shape index (κ1) is 15.9. The summed E-state index contributed by atoms with van der Waals surface area (Å²) in [7, 11) is 0. The van der Waals surface area contributed by atoms with E-state index in [1.807, 2.05) is 37.3 Å². The number of hydrogen-bond acceptors (Lipinski definition) is 3. The molecule has 2 aromatic rings.